The van der Waals surface area contributed by atoms with Crippen LogP contribution in [0.5, 0.6) is 11.5 Å². The van der Waals surface area contributed by atoms with Crippen LogP contribution < -0.4 is 10.1 Å². The number of carbonyl (C=O) groups is 2. The van der Waals surface area contributed by atoms with E-state index < -0.39 is 10.9 Å². The van der Waals surface area contributed by atoms with Gasteiger partial charge in [-0.2, -0.15) is 0 Å². The number of benzene rings is 2. The zero-order chi connectivity index (χ0) is 19.8. The molecule has 0 bridgehead atoms. The van der Waals surface area contributed by atoms with E-state index in [0.29, 0.717) is 17.2 Å². The normalized spacial score (nSPS) is 10.4. The quantitative estimate of drug-likeness (QED) is 0.342. The van der Waals surface area contributed by atoms with Crippen molar-refractivity contribution < 1.29 is 24.0 Å². The molecule has 2 rings (SSSR count). The van der Waals surface area contributed by atoms with Crippen LogP contribution in [0.15, 0.2) is 48.5 Å². The first-order valence-corrected chi connectivity index (χ1v) is 8.08. The number of ether oxygens (including phenoxy) is 2. The molecule has 0 radical (unpaired) electrons. The van der Waals surface area contributed by atoms with E-state index in [4.69, 9.17) is 9.47 Å². The minimum Gasteiger partial charge on any atom is -0.463 e. The van der Waals surface area contributed by atoms with Gasteiger partial charge in [0.15, 0.2) is 0 Å². The summed E-state index contributed by atoms with van der Waals surface area (Å²) >= 11 is 0. The predicted octanol–water partition coefficient (Wildman–Crippen LogP) is 3.92. The number of carbonyl (C=O) groups excluding carboxylic acids is 2. The number of rotatable bonds is 7. The third kappa shape index (κ3) is 5.96. The summed E-state index contributed by atoms with van der Waals surface area (Å²) in [6, 6.07) is 10.9. The van der Waals surface area contributed by atoms with Crippen molar-refractivity contribution in [2.45, 2.75) is 13.8 Å². The molecule has 0 atom stereocenters. The minimum atomic E-state index is -0.591. The van der Waals surface area contributed by atoms with Crippen LogP contribution in [-0.2, 0) is 14.3 Å². The third-order valence-corrected chi connectivity index (χ3v) is 3.29. The summed E-state index contributed by atoms with van der Waals surface area (Å²) in [7, 11) is 0. The maximum atomic E-state index is 11.4. The molecule has 1 N–H and O–H groups in total. The Morgan fingerprint density at radius 1 is 1.15 bits per heavy atom. The Bertz CT molecular complexity index is 874. The number of nitro benzene ring substituents is 1. The average molecular weight is 370 g/mol. The van der Waals surface area contributed by atoms with Gasteiger partial charge in [0.05, 0.1) is 17.1 Å². The third-order valence-electron chi connectivity index (χ3n) is 3.29. The van der Waals surface area contributed by atoms with E-state index >= 15 is 0 Å². The molecule has 2 aromatic carbocycles. The van der Waals surface area contributed by atoms with Gasteiger partial charge < -0.3 is 14.8 Å². The fraction of sp³-hybridized carbons (Fsp3) is 0.158. The highest BCUT2D eigenvalue weighted by Crippen LogP contribution is 2.29. The summed E-state index contributed by atoms with van der Waals surface area (Å²) in [5, 5.41) is 13.8. The van der Waals surface area contributed by atoms with Crippen molar-refractivity contribution in [2.24, 2.45) is 0 Å². The fourth-order valence-electron chi connectivity index (χ4n) is 2.19. The van der Waals surface area contributed by atoms with Crippen molar-refractivity contribution in [3.8, 4) is 11.5 Å². The van der Waals surface area contributed by atoms with Crippen molar-refractivity contribution in [3.05, 3.63) is 64.2 Å². The maximum Gasteiger partial charge on any atom is 0.330 e. The zero-order valence-corrected chi connectivity index (χ0v) is 14.8. The lowest BCUT2D eigenvalue weighted by atomic mass is 10.1. The Labute approximate surface area is 155 Å². The van der Waals surface area contributed by atoms with Gasteiger partial charge in [-0.05, 0) is 49.4 Å². The van der Waals surface area contributed by atoms with Gasteiger partial charge in [-0.25, -0.2) is 4.79 Å². The summed E-state index contributed by atoms with van der Waals surface area (Å²) in [6.07, 6.45) is 2.43. The van der Waals surface area contributed by atoms with E-state index in [0.717, 1.165) is 6.08 Å². The molecule has 0 spiro atoms. The van der Waals surface area contributed by atoms with Crippen LogP contribution in [0.4, 0.5) is 11.4 Å². The Kier molecular flexibility index (Phi) is 6.65. The summed E-state index contributed by atoms with van der Waals surface area (Å²) < 4.78 is 10.5. The summed E-state index contributed by atoms with van der Waals surface area (Å²) in [5.74, 6) is 0.0680. The van der Waals surface area contributed by atoms with Crippen LogP contribution >= 0.6 is 0 Å². The fourth-order valence-corrected chi connectivity index (χ4v) is 2.19. The molecule has 0 saturated carbocycles. The van der Waals surface area contributed by atoms with Crippen molar-refractivity contribution in [1.29, 1.82) is 0 Å². The van der Waals surface area contributed by atoms with E-state index in [-0.39, 0.29) is 23.8 Å². The molecular formula is C19H18N2O6. The average Bonchev–Trinajstić information content (AvgIpc) is 2.61. The predicted molar refractivity (Wildman–Crippen MR) is 99.6 cm³/mol. The molecule has 0 aliphatic heterocycles. The molecule has 0 heterocycles. The van der Waals surface area contributed by atoms with Gasteiger partial charge in [-0.15, -0.1) is 0 Å². The second-order valence-electron chi connectivity index (χ2n) is 5.37. The van der Waals surface area contributed by atoms with Gasteiger partial charge in [0, 0.05) is 24.8 Å². The van der Waals surface area contributed by atoms with E-state index in [1.54, 1.807) is 31.2 Å². The minimum absolute atomic E-state index is 0.163. The SMILES string of the molecule is CCOC(=O)C=Cc1cc(Oc2ccc(NC(C)=O)cc2)ccc1[N+](=O)[O-]. The highest BCUT2D eigenvalue weighted by atomic mass is 16.6. The second-order valence-corrected chi connectivity index (χ2v) is 5.37. The zero-order valence-electron chi connectivity index (χ0n) is 14.8. The first kappa shape index (κ1) is 19.6. The largest absolute Gasteiger partial charge is 0.463 e. The Morgan fingerprint density at radius 3 is 2.41 bits per heavy atom. The topological polar surface area (TPSA) is 108 Å². The van der Waals surface area contributed by atoms with Gasteiger partial charge in [-0.1, -0.05) is 0 Å². The molecule has 1 amide bonds. The number of nitrogens with one attached hydrogen (secondary N) is 1. The van der Waals surface area contributed by atoms with E-state index in [1.165, 1.54) is 31.2 Å². The second kappa shape index (κ2) is 9.14. The monoisotopic (exact) mass is 370 g/mol. The molecule has 2 aromatic rings. The van der Waals surface area contributed by atoms with E-state index in [1.807, 2.05) is 0 Å². The van der Waals surface area contributed by atoms with E-state index in [2.05, 4.69) is 5.32 Å². The maximum absolute atomic E-state index is 11.4. The standard InChI is InChI=1S/C19H18N2O6/c1-3-26-19(23)11-4-14-12-17(9-10-18(14)21(24)25)27-16-7-5-15(6-8-16)20-13(2)22/h4-12H,3H2,1-2H3,(H,20,22). The molecule has 8 heteroatoms. The number of hydrogen-bond acceptors (Lipinski definition) is 6. The summed E-state index contributed by atoms with van der Waals surface area (Å²) in [5.41, 5.74) is 0.668. The van der Waals surface area contributed by atoms with Crippen molar-refractivity contribution >= 4 is 29.3 Å². The van der Waals surface area contributed by atoms with Crippen LogP contribution in [0.1, 0.15) is 19.4 Å². The van der Waals surface area contributed by atoms with Crippen LogP contribution in [0, 0.1) is 10.1 Å². The molecule has 0 fully saturated rings. The first-order chi connectivity index (χ1) is 12.9. The molecule has 140 valence electrons. The van der Waals surface area contributed by atoms with Gasteiger partial charge in [0.25, 0.3) is 5.69 Å². The van der Waals surface area contributed by atoms with E-state index in [9.17, 15) is 19.7 Å². The van der Waals surface area contributed by atoms with Gasteiger partial charge >= 0.3 is 5.97 Å². The first-order valence-electron chi connectivity index (χ1n) is 8.08. The molecule has 8 nitrogen and oxygen atoms in total. The summed E-state index contributed by atoms with van der Waals surface area (Å²) in [6.45, 7) is 3.29. The lowest BCUT2D eigenvalue weighted by molar-refractivity contribution is -0.385. The van der Waals surface area contributed by atoms with Gasteiger partial charge in [0.2, 0.25) is 5.91 Å². The highest BCUT2D eigenvalue weighted by Gasteiger charge is 2.13. The van der Waals surface area contributed by atoms with Crippen LogP contribution in [0.25, 0.3) is 6.08 Å². The number of nitrogens with zero attached hydrogens (tertiary/aromatic N) is 1. The molecule has 0 aromatic heterocycles. The lowest BCUT2D eigenvalue weighted by Gasteiger charge is -2.08. The number of anilines is 1. The van der Waals surface area contributed by atoms with Crippen molar-refractivity contribution in [1.82, 2.24) is 0 Å². The van der Waals surface area contributed by atoms with Crippen LogP contribution in [0.2, 0.25) is 0 Å². The Hall–Kier alpha value is -3.68. The highest BCUT2D eigenvalue weighted by molar-refractivity contribution is 5.89. The molecule has 0 saturated heterocycles. The van der Waals surface area contributed by atoms with Gasteiger partial charge in [0.1, 0.15) is 11.5 Å². The molecule has 0 aliphatic rings. The van der Waals surface area contributed by atoms with Crippen molar-refractivity contribution in [2.75, 3.05) is 11.9 Å². The van der Waals surface area contributed by atoms with Crippen molar-refractivity contribution in [3.63, 3.8) is 0 Å². The smallest absolute Gasteiger partial charge is 0.330 e. The Balaban J connectivity index is 2.22. The molecule has 0 unspecified atom stereocenters. The number of esters is 1. The lowest BCUT2D eigenvalue weighted by Crippen LogP contribution is -2.05. The number of amides is 1. The molecule has 27 heavy (non-hydrogen) atoms. The van der Waals surface area contributed by atoms with Gasteiger partial charge in [-0.3, -0.25) is 14.9 Å². The summed E-state index contributed by atoms with van der Waals surface area (Å²) in [4.78, 5) is 33.1. The van der Waals surface area contributed by atoms with Crippen LogP contribution in [0.3, 0.4) is 0 Å². The number of nitro groups is 1. The Morgan fingerprint density at radius 2 is 1.81 bits per heavy atom. The number of hydrogen-bond donors (Lipinski definition) is 1. The molecular weight excluding hydrogens is 352 g/mol. The van der Waals surface area contributed by atoms with Crippen LogP contribution in [-0.4, -0.2) is 23.4 Å². The molecule has 0 aliphatic carbocycles.